The fourth-order valence-corrected chi connectivity index (χ4v) is 3.18. The van der Waals surface area contributed by atoms with E-state index in [1.807, 2.05) is 30.7 Å². The first-order valence-corrected chi connectivity index (χ1v) is 8.54. The van der Waals surface area contributed by atoms with Gasteiger partial charge in [-0.2, -0.15) is 4.98 Å². The maximum atomic E-state index is 12.3. The summed E-state index contributed by atoms with van der Waals surface area (Å²) in [7, 11) is 0. The predicted molar refractivity (Wildman–Crippen MR) is 97.4 cm³/mol. The number of nitrogens with zero attached hydrogens (tertiary/aromatic N) is 3. The van der Waals surface area contributed by atoms with Gasteiger partial charge >= 0.3 is 0 Å². The molecule has 26 heavy (non-hydrogen) atoms. The molecule has 0 fully saturated rings. The molecule has 2 aromatic heterocycles. The molecule has 0 saturated carbocycles. The van der Waals surface area contributed by atoms with Gasteiger partial charge in [0.15, 0.2) is 11.6 Å². The molecule has 1 aromatic carbocycles. The highest BCUT2D eigenvalue weighted by Crippen LogP contribution is 2.30. The zero-order chi connectivity index (χ0) is 18.4. The Morgan fingerprint density at radius 3 is 2.85 bits per heavy atom. The second-order valence-electron chi connectivity index (χ2n) is 6.62. The molecular formula is C18H19N5O3. The third kappa shape index (κ3) is 2.54. The zero-order valence-electron chi connectivity index (χ0n) is 14.6. The molecule has 0 aliphatic carbocycles. The van der Waals surface area contributed by atoms with Gasteiger partial charge in [-0.3, -0.25) is 19.4 Å². The topological polar surface area (TPSA) is 116 Å². The Morgan fingerprint density at radius 1 is 1.27 bits per heavy atom. The minimum atomic E-state index is -0.176. The Bertz CT molecular complexity index is 1080. The second-order valence-corrected chi connectivity index (χ2v) is 6.62. The average Bonchev–Trinajstić information content (AvgIpc) is 2.82. The summed E-state index contributed by atoms with van der Waals surface area (Å²) in [6.45, 7) is 4.40. The molecule has 8 heteroatoms. The Kier molecular flexibility index (Phi) is 3.75. The van der Waals surface area contributed by atoms with Crippen molar-refractivity contribution in [2.24, 2.45) is 0 Å². The van der Waals surface area contributed by atoms with Crippen LogP contribution < -0.4 is 16.0 Å². The second kappa shape index (κ2) is 5.98. The SMILES string of the molecule is CC(C)n1[nH]c(=O)c2cc(-c3nc(N)c4c(n3)OCCCC4=O)ccc21. The fourth-order valence-electron chi connectivity index (χ4n) is 3.18. The molecule has 3 heterocycles. The number of H-pyrrole nitrogens is 1. The summed E-state index contributed by atoms with van der Waals surface area (Å²) in [4.78, 5) is 33.1. The van der Waals surface area contributed by atoms with Gasteiger partial charge in [-0.15, -0.1) is 0 Å². The van der Waals surface area contributed by atoms with Gasteiger partial charge in [-0.1, -0.05) is 0 Å². The lowest BCUT2D eigenvalue weighted by Gasteiger charge is -2.10. The van der Waals surface area contributed by atoms with Crippen molar-refractivity contribution in [3.63, 3.8) is 0 Å². The number of carbonyl (C=O) groups excluding carboxylic acids is 1. The van der Waals surface area contributed by atoms with E-state index in [2.05, 4.69) is 15.1 Å². The Balaban J connectivity index is 1.87. The Labute approximate surface area is 149 Å². The summed E-state index contributed by atoms with van der Waals surface area (Å²) in [5.74, 6) is 0.534. The number of rotatable bonds is 2. The number of Topliss-reactive ketones (excluding diaryl/α,β-unsaturated/α-hetero) is 1. The number of carbonyl (C=O) groups is 1. The summed E-state index contributed by atoms with van der Waals surface area (Å²) < 4.78 is 7.40. The quantitative estimate of drug-likeness (QED) is 0.730. The van der Waals surface area contributed by atoms with Crippen LogP contribution in [0.15, 0.2) is 23.0 Å². The van der Waals surface area contributed by atoms with E-state index in [4.69, 9.17) is 10.5 Å². The summed E-state index contributed by atoms with van der Waals surface area (Å²) >= 11 is 0. The number of anilines is 1. The average molecular weight is 353 g/mol. The number of hydrogen-bond acceptors (Lipinski definition) is 6. The molecule has 1 aliphatic rings. The summed E-state index contributed by atoms with van der Waals surface area (Å²) in [6, 6.07) is 5.53. The van der Waals surface area contributed by atoms with Gasteiger partial charge in [-0.05, 0) is 38.5 Å². The van der Waals surface area contributed by atoms with Crippen molar-refractivity contribution >= 4 is 22.5 Å². The van der Waals surface area contributed by atoms with Gasteiger partial charge in [0.25, 0.3) is 5.56 Å². The third-order valence-corrected chi connectivity index (χ3v) is 4.47. The number of ketones is 1. The van der Waals surface area contributed by atoms with E-state index in [9.17, 15) is 9.59 Å². The lowest BCUT2D eigenvalue weighted by Crippen LogP contribution is -2.09. The van der Waals surface area contributed by atoms with E-state index < -0.39 is 0 Å². The lowest BCUT2D eigenvalue weighted by atomic mass is 10.1. The van der Waals surface area contributed by atoms with E-state index in [-0.39, 0.29) is 34.6 Å². The number of nitrogens with one attached hydrogen (secondary N) is 1. The van der Waals surface area contributed by atoms with Crippen molar-refractivity contribution < 1.29 is 9.53 Å². The predicted octanol–water partition coefficient (Wildman–Crippen LogP) is 2.31. The number of aromatic amines is 1. The van der Waals surface area contributed by atoms with E-state index in [1.54, 1.807) is 6.07 Å². The molecule has 3 aromatic rings. The van der Waals surface area contributed by atoms with Crippen LogP contribution in [0.3, 0.4) is 0 Å². The van der Waals surface area contributed by atoms with Crippen molar-refractivity contribution in [3.05, 3.63) is 34.1 Å². The number of aromatic nitrogens is 4. The van der Waals surface area contributed by atoms with Gasteiger partial charge < -0.3 is 10.5 Å². The molecule has 0 radical (unpaired) electrons. The van der Waals surface area contributed by atoms with Crippen LogP contribution in [0.4, 0.5) is 5.82 Å². The van der Waals surface area contributed by atoms with Gasteiger partial charge in [-0.25, -0.2) is 4.98 Å². The summed E-state index contributed by atoms with van der Waals surface area (Å²) in [6.07, 6.45) is 0.984. The first-order valence-electron chi connectivity index (χ1n) is 8.54. The van der Waals surface area contributed by atoms with E-state index >= 15 is 0 Å². The molecule has 0 atom stereocenters. The molecule has 0 amide bonds. The van der Waals surface area contributed by atoms with Crippen LogP contribution in [0.2, 0.25) is 0 Å². The first-order chi connectivity index (χ1) is 12.5. The van der Waals surface area contributed by atoms with E-state index in [1.165, 1.54) is 0 Å². The zero-order valence-corrected chi connectivity index (χ0v) is 14.6. The molecule has 0 unspecified atom stereocenters. The minimum Gasteiger partial charge on any atom is -0.477 e. The van der Waals surface area contributed by atoms with Crippen molar-refractivity contribution in [1.82, 2.24) is 19.7 Å². The number of benzene rings is 1. The largest absolute Gasteiger partial charge is 0.477 e. The molecule has 0 saturated heterocycles. The molecule has 3 N–H and O–H groups in total. The van der Waals surface area contributed by atoms with Gasteiger partial charge in [0.05, 0.1) is 17.5 Å². The van der Waals surface area contributed by atoms with Crippen molar-refractivity contribution in [3.8, 4) is 17.3 Å². The number of fused-ring (bicyclic) bond motifs is 2. The van der Waals surface area contributed by atoms with Gasteiger partial charge in [0.1, 0.15) is 11.4 Å². The summed E-state index contributed by atoms with van der Waals surface area (Å²) in [5.41, 5.74) is 7.52. The highest BCUT2D eigenvalue weighted by atomic mass is 16.5. The van der Waals surface area contributed by atoms with Crippen molar-refractivity contribution in [2.75, 3.05) is 12.3 Å². The maximum Gasteiger partial charge on any atom is 0.272 e. The molecule has 4 rings (SSSR count). The number of nitrogens with two attached hydrogens (primary N) is 1. The van der Waals surface area contributed by atoms with Crippen LogP contribution in [0.25, 0.3) is 22.3 Å². The number of nitrogen functional groups attached to an aromatic ring is 1. The van der Waals surface area contributed by atoms with E-state index in [0.29, 0.717) is 36.2 Å². The summed E-state index contributed by atoms with van der Waals surface area (Å²) in [5, 5.41) is 3.38. The highest BCUT2D eigenvalue weighted by molar-refractivity contribution is 6.02. The fraction of sp³-hybridized carbons (Fsp3) is 0.333. The van der Waals surface area contributed by atoms with E-state index in [0.717, 1.165) is 5.52 Å². The van der Waals surface area contributed by atoms with Crippen LogP contribution in [0.1, 0.15) is 43.1 Å². The van der Waals surface area contributed by atoms with Gasteiger partial charge in [0.2, 0.25) is 5.88 Å². The normalized spacial score (nSPS) is 14.3. The number of hydrogen-bond donors (Lipinski definition) is 2. The first kappa shape index (κ1) is 16.3. The molecule has 8 nitrogen and oxygen atoms in total. The van der Waals surface area contributed by atoms with Gasteiger partial charge in [0, 0.05) is 18.0 Å². The highest BCUT2D eigenvalue weighted by Gasteiger charge is 2.24. The molecule has 134 valence electrons. The molecule has 0 spiro atoms. The minimum absolute atomic E-state index is 0.102. The van der Waals surface area contributed by atoms with Crippen LogP contribution in [0.5, 0.6) is 5.88 Å². The lowest BCUT2D eigenvalue weighted by molar-refractivity contribution is 0.0983. The third-order valence-electron chi connectivity index (χ3n) is 4.47. The number of ether oxygens (including phenoxy) is 1. The monoisotopic (exact) mass is 353 g/mol. The maximum absolute atomic E-state index is 12.3. The van der Waals surface area contributed by atoms with Crippen molar-refractivity contribution in [1.29, 1.82) is 0 Å². The van der Waals surface area contributed by atoms with Crippen LogP contribution >= 0.6 is 0 Å². The van der Waals surface area contributed by atoms with Crippen LogP contribution in [-0.4, -0.2) is 32.1 Å². The van der Waals surface area contributed by atoms with Crippen LogP contribution in [0, 0.1) is 0 Å². The van der Waals surface area contributed by atoms with Crippen LogP contribution in [-0.2, 0) is 0 Å². The molecule has 1 aliphatic heterocycles. The smallest absolute Gasteiger partial charge is 0.272 e. The van der Waals surface area contributed by atoms with Crippen molar-refractivity contribution in [2.45, 2.75) is 32.7 Å². The Morgan fingerprint density at radius 2 is 2.08 bits per heavy atom. The standard InChI is InChI=1S/C18H19N5O3/c1-9(2)23-12-6-5-10(8-11(12)17(25)22-23)16-20-15(19)14-13(24)4-3-7-26-18(14)21-16/h5-6,8-9H,3-4,7H2,1-2H3,(H,22,25)(H2,19,20,21). The Hall–Kier alpha value is -3.16. The molecule has 0 bridgehead atoms. The molecular weight excluding hydrogens is 334 g/mol.